The molecule has 2 aliphatic heterocycles. The SMILES string of the molecule is COc1ccc2nc(NC(=O)C(OC3CCOCC3)c3ccc(S(=O)(=O)N4CCCCC4)cc3)sc2n1. The number of piperidine rings is 1. The maximum atomic E-state index is 13.4. The molecule has 198 valence electrons. The first-order chi connectivity index (χ1) is 17.9. The molecule has 1 N–H and O–H groups in total. The lowest BCUT2D eigenvalue weighted by molar-refractivity contribution is -0.136. The fourth-order valence-corrected chi connectivity index (χ4v) is 6.85. The predicted octanol–water partition coefficient (Wildman–Crippen LogP) is 3.75. The van der Waals surface area contributed by atoms with Gasteiger partial charge in [0.1, 0.15) is 10.3 Å². The standard InChI is InChI=1S/C25H30N4O6S2/c1-33-21-10-9-20-24(27-21)36-25(26-20)28-23(30)22(35-18-11-15-34-16-12-18)17-5-7-19(8-6-17)37(31,32)29-13-3-2-4-14-29/h5-10,18,22H,2-4,11-16H2,1H3,(H,26,28,30). The highest BCUT2D eigenvalue weighted by molar-refractivity contribution is 7.89. The van der Waals surface area contributed by atoms with E-state index in [0.717, 1.165) is 19.3 Å². The van der Waals surface area contributed by atoms with E-state index in [9.17, 15) is 13.2 Å². The van der Waals surface area contributed by atoms with Crippen molar-refractivity contribution in [2.24, 2.45) is 0 Å². The number of anilines is 1. The van der Waals surface area contributed by atoms with Crippen molar-refractivity contribution < 1.29 is 27.4 Å². The average Bonchev–Trinajstić information content (AvgIpc) is 3.34. The van der Waals surface area contributed by atoms with E-state index >= 15 is 0 Å². The number of fused-ring (bicyclic) bond motifs is 1. The van der Waals surface area contributed by atoms with Crippen LogP contribution in [0.2, 0.25) is 0 Å². The fraction of sp³-hybridized carbons (Fsp3) is 0.480. The van der Waals surface area contributed by atoms with Crippen LogP contribution in [0.25, 0.3) is 10.3 Å². The maximum Gasteiger partial charge on any atom is 0.259 e. The largest absolute Gasteiger partial charge is 0.481 e. The fourth-order valence-electron chi connectivity index (χ4n) is 4.50. The summed E-state index contributed by atoms with van der Waals surface area (Å²) in [5.74, 6) is 0.0819. The number of carbonyl (C=O) groups excluding carboxylic acids is 1. The summed E-state index contributed by atoms with van der Waals surface area (Å²) in [7, 11) is -2.03. The second-order valence-electron chi connectivity index (χ2n) is 9.05. The lowest BCUT2D eigenvalue weighted by atomic mass is 10.1. The summed E-state index contributed by atoms with van der Waals surface area (Å²) in [6.07, 6.45) is 3.04. The number of ether oxygens (including phenoxy) is 3. The molecule has 2 saturated heterocycles. The number of thiazole rings is 1. The second kappa shape index (κ2) is 11.4. The summed E-state index contributed by atoms with van der Waals surface area (Å²) < 4.78 is 44.5. The third kappa shape index (κ3) is 5.93. The molecule has 3 aromatic rings. The number of nitrogens with one attached hydrogen (secondary N) is 1. The lowest BCUT2D eigenvalue weighted by Gasteiger charge is -2.28. The molecular formula is C25H30N4O6S2. The molecule has 12 heteroatoms. The molecule has 1 atom stereocenters. The van der Waals surface area contributed by atoms with Crippen molar-refractivity contribution in [1.82, 2.24) is 14.3 Å². The van der Waals surface area contributed by atoms with Crippen molar-refractivity contribution in [3.63, 3.8) is 0 Å². The molecule has 0 aliphatic carbocycles. The molecule has 5 rings (SSSR count). The Morgan fingerprint density at radius 1 is 1.08 bits per heavy atom. The molecule has 0 saturated carbocycles. The van der Waals surface area contributed by atoms with E-state index < -0.39 is 16.1 Å². The number of methoxy groups -OCH3 is 1. The molecule has 2 aromatic heterocycles. The Morgan fingerprint density at radius 3 is 2.51 bits per heavy atom. The van der Waals surface area contributed by atoms with Crippen LogP contribution in [-0.2, 0) is 24.3 Å². The Labute approximate surface area is 220 Å². The summed E-state index contributed by atoms with van der Waals surface area (Å²) in [5.41, 5.74) is 1.22. The number of hydrogen-bond donors (Lipinski definition) is 1. The van der Waals surface area contributed by atoms with E-state index in [1.165, 1.54) is 15.6 Å². The molecule has 1 aromatic carbocycles. The van der Waals surface area contributed by atoms with E-state index in [0.29, 0.717) is 66.1 Å². The molecule has 0 radical (unpaired) electrons. The van der Waals surface area contributed by atoms with Gasteiger partial charge in [-0.2, -0.15) is 4.31 Å². The number of pyridine rings is 1. The van der Waals surface area contributed by atoms with Gasteiger partial charge in [0.15, 0.2) is 11.2 Å². The molecule has 1 unspecified atom stereocenters. The van der Waals surface area contributed by atoms with Gasteiger partial charge in [-0.1, -0.05) is 29.9 Å². The zero-order chi connectivity index (χ0) is 25.8. The second-order valence-corrected chi connectivity index (χ2v) is 12.0. The first-order valence-corrected chi connectivity index (χ1v) is 14.7. The van der Waals surface area contributed by atoms with Crippen molar-refractivity contribution in [3.8, 4) is 5.88 Å². The lowest BCUT2D eigenvalue weighted by Crippen LogP contribution is -2.35. The quantitative estimate of drug-likeness (QED) is 0.454. The van der Waals surface area contributed by atoms with Gasteiger partial charge >= 0.3 is 0 Å². The Balaban J connectivity index is 1.38. The molecule has 10 nitrogen and oxygen atoms in total. The molecule has 4 heterocycles. The van der Waals surface area contributed by atoms with E-state index in [1.807, 2.05) is 0 Å². The van der Waals surface area contributed by atoms with E-state index in [-0.39, 0.29) is 16.9 Å². The van der Waals surface area contributed by atoms with Crippen LogP contribution >= 0.6 is 11.3 Å². The minimum absolute atomic E-state index is 0.150. The third-order valence-corrected chi connectivity index (χ3v) is 9.33. The minimum Gasteiger partial charge on any atom is -0.481 e. The van der Waals surface area contributed by atoms with Crippen LogP contribution in [0.5, 0.6) is 5.88 Å². The van der Waals surface area contributed by atoms with Gasteiger partial charge in [-0.25, -0.2) is 18.4 Å². The van der Waals surface area contributed by atoms with Crippen molar-refractivity contribution in [3.05, 3.63) is 42.0 Å². The number of aromatic nitrogens is 2. The van der Waals surface area contributed by atoms with Crippen LogP contribution in [0, 0.1) is 0 Å². The number of carbonyl (C=O) groups is 1. The van der Waals surface area contributed by atoms with Crippen LogP contribution in [0.1, 0.15) is 43.8 Å². The monoisotopic (exact) mass is 546 g/mol. The summed E-state index contributed by atoms with van der Waals surface area (Å²) in [6, 6.07) is 9.92. The van der Waals surface area contributed by atoms with Crippen molar-refractivity contribution >= 4 is 42.7 Å². The van der Waals surface area contributed by atoms with Gasteiger partial charge in [0.2, 0.25) is 15.9 Å². The number of hydrogen-bond acceptors (Lipinski definition) is 9. The van der Waals surface area contributed by atoms with Crippen molar-refractivity contribution in [1.29, 1.82) is 0 Å². The number of amides is 1. The topological polar surface area (TPSA) is 120 Å². The molecule has 0 spiro atoms. The van der Waals surface area contributed by atoms with Crippen LogP contribution in [0.4, 0.5) is 5.13 Å². The zero-order valence-electron chi connectivity index (χ0n) is 20.6. The van der Waals surface area contributed by atoms with Crippen LogP contribution in [-0.4, -0.2) is 68.1 Å². The van der Waals surface area contributed by atoms with Gasteiger partial charge in [-0.05, 0) is 49.4 Å². The van der Waals surface area contributed by atoms with Crippen LogP contribution in [0.3, 0.4) is 0 Å². The van der Waals surface area contributed by atoms with Crippen LogP contribution < -0.4 is 10.1 Å². The van der Waals surface area contributed by atoms with Crippen LogP contribution in [0.15, 0.2) is 41.3 Å². The highest BCUT2D eigenvalue weighted by atomic mass is 32.2. The highest BCUT2D eigenvalue weighted by Gasteiger charge is 2.30. The maximum absolute atomic E-state index is 13.4. The van der Waals surface area contributed by atoms with Gasteiger partial charge < -0.3 is 14.2 Å². The van der Waals surface area contributed by atoms with E-state index in [4.69, 9.17) is 14.2 Å². The normalized spacial score (nSPS) is 18.5. The number of nitrogens with zero attached hydrogens (tertiary/aromatic N) is 3. The minimum atomic E-state index is -3.57. The predicted molar refractivity (Wildman–Crippen MR) is 139 cm³/mol. The van der Waals surface area contributed by atoms with Crippen molar-refractivity contribution in [2.45, 2.75) is 49.2 Å². The summed E-state index contributed by atoms with van der Waals surface area (Å²) >= 11 is 1.24. The van der Waals surface area contributed by atoms with Gasteiger partial charge in [0, 0.05) is 32.4 Å². The Kier molecular flexibility index (Phi) is 8.01. The van der Waals surface area contributed by atoms with Gasteiger partial charge in [0.05, 0.1) is 18.1 Å². The van der Waals surface area contributed by atoms with Gasteiger partial charge in [0.25, 0.3) is 5.91 Å². The van der Waals surface area contributed by atoms with Crippen molar-refractivity contribution in [2.75, 3.05) is 38.7 Å². The Morgan fingerprint density at radius 2 is 1.81 bits per heavy atom. The summed E-state index contributed by atoms with van der Waals surface area (Å²) in [5, 5.41) is 3.25. The Bertz CT molecular complexity index is 1330. The summed E-state index contributed by atoms with van der Waals surface area (Å²) in [6.45, 7) is 2.20. The average molecular weight is 547 g/mol. The van der Waals surface area contributed by atoms with Gasteiger partial charge in [-0.3, -0.25) is 10.1 Å². The number of rotatable bonds is 8. The first-order valence-electron chi connectivity index (χ1n) is 12.4. The number of benzene rings is 1. The van der Waals surface area contributed by atoms with Gasteiger partial charge in [-0.15, -0.1) is 0 Å². The van der Waals surface area contributed by atoms with E-state index in [1.54, 1.807) is 43.5 Å². The highest BCUT2D eigenvalue weighted by Crippen LogP contribution is 2.30. The molecule has 2 aliphatic rings. The zero-order valence-corrected chi connectivity index (χ0v) is 22.2. The Hall–Kier alpha value is -2.64. The molecule has 1 amide bonds. The molecular weight excluding hydrogens is 516 g/mol. The van der Waals surface area contributed by atoms with E-state index in [2.05, 4.69) is 15.3 Å². The smallest absolute Gasteiger partial charge is 0.259 e. The molecule has 2 fully saturated rings. The molecule has 0 bridgehead atoms. The first kappa shape index (κ1) is 26.0. The number of sulfonamides is 1. The molecule has 37 heavy (non-hydrogen) atoms. The third-order valence-electron chi connectivity index (χ3n) is 6.54. The summed E-state index contributed by atoms with van der Waals surface area (Å²) in [4.78, 5) is 23.1.